The van der Waals surface area contributed by atoms with E-state index >= 15 is 0 Å². The van der Waals surface area contributed by atoms with Crippen molar-refractivity contribution < 1.29 is 28.2 Å². The lowest BCUT2D eigenvalue weighted by atomic mass is 9.83. The highest BCUT2D eigenvalue weighted by molar-refractivity contribution is 6.06. The standard InChI is InChI=1S/C21H18FNO5/c1-26-14-7-8-15(18(9-14)27-2)16-10-19(24)23(13-5-3-12(22)4-6-13)17-11-28-21(25)20(16)17/h3-9,16H,10-11H2,1-2H3. The fraction of sp³-hybridized carbons (Fsp3) is 0.238. The van der Waals surface area contributed by atoms with Gasteiger partial charge >= 0.3 is 5.97 Å². The Morgan fingerprint density at radius 2 is 1.82 bits per heavy atom. The van der Waals surface area contributed by atoms with Gasteiger partial charge in [0.2, 0.25) is 5.91 Å². The van der Waals surface area contributed by atoms with Crippen LogP contribution < -0.4 is 14.4 Å². The molecule has 1 atom stereocenters. The van der Waals surface area contributed by atoms with Crippen molar-refractivity contribution in [3.63, 3.8) is 0 Å². The highest BCUT2D eigenvalue weighted by Gasteiger charge is 2.43. The Labute approximate surface area is 161 Å². The molecular formula is C21H18FNO5. The molecule has 0 aromatic heterocycles. The summed E-state index contributed by atoms with van der Waals surface area (Å²) in [5.74, 6) is -0.418. The van der Waals surface area contributed by atoms with Crippen molar-refractivity contribution in [2.45, 2.75) is 12.3 Å². The molecule has 7 heteroatoms. The largest absolute Gasteiger partial charge is 0.497 e. The average molecular weight is 383 g/mol. The summed E-state index contributed by atoms with van der Waals surface area (Å²) in [6, 6.07) is 10.8. The first-order valence-electron chi connectivity index (χ1n) is 8.74. The Kier molecular flexibility index (Phi) is 4.50. The highest BCUT2D eigenvalue weighted by atomic mass is 19.1. The molecule has 2 aromatic rings. The monoisotopic (exact) mass is 383 g/mol. The fourth-order valence-corrected chi connectivity index (χ4v) is 3.72. The number of carbonyl (C=O) groups excluding carboxylic acids is 2. The van der Waals surface area contributed by atoms with Crippen molar-refractivity contribution in [3.8, 4) is 11.5 Å². The first-order valence-corrected chi connectivity index (χ1v) is 8.74. The zero-order valence-electron chi connectivity index (χ0n) is 15.4. The maximum atomic E-state index is 13.3. The normalized spacial score (nSPS) is 18.8. The zero-order valence-corrected chi connectivity index (χ0v) is 15.4. The summed E-state index contributed by atoms with van der Waals surface area (Å²) in [5, 5.41) is 0. The number of benzene rings is 2. The maximum Gasteiger partial charge on any atom is 0.336 e. The minimum absolute atomic E-state index is 0.00769. The summed E-state index contributed by atoms with van der Waals surface area (Å²) in [7, 11) is 3.07. The van der Waals surface area contributed by atoms with E-state index in [-0.39, 0.29) is 18.9 Å². The molecular weight excluding hydrogens is 365 g/mol. The summed E-state index contributed by atoms with van der Waals surface area (Å²) < 4.78 is 29.2. The lowest BCUT2D eigenvalue weighted by Crippen LogP contribution is -2.37. The van der Waals surface area contributed by atoms with E-state index in [9.17, 15) is 14.0 Å². The number of hydrogen-bond donors (Lipinski definition) is 0. The van der Waals surface area contributed by atoms with Gasteiger partial charge in [0.1, 0.15) is 23.9 Å². The molecule has 1 unspecified atom stereocenters. The van der Waals surface area contributed by atoms with Gasteiger partial charge in [-0.15, -0.1) is 0 Å². The van der Waals surface area contributed by atoms with Crippen LogP contribution in [0.5, 0.6) is 11.5 Å². The van der Waals surface area contributed by atoms with Crippen molar-refractivity contribution >= 4 is 17.6 Å². The smallest absolute Gasteiger partial charge is 0.336 e. The third-order valence-electron chi connectivity index (χ3n) is 5.02. The Balaban J connectivity index is 1.83. The third kappa shape index (κ3) is 2.89. The molecule has 0 radical (unpaired) electrons. The summed E-state index contributed by atoms with van der Waals surface area (Å²) in [4.78, 5) is 26.9. The van der Waals surface area contributed by atoms with Crippen molar-refractivity contribution in [2.24, 2.45) is 0 Å². The first kappa shape index (κ1) is 18.0. The van der Waals surface area contributed by atoms with E-state index in [1.807, 2.05) is 0 Å². The number of carbonyl (C=O) groups is 2. The molecule has 2 aromatic carbocycles. The van der Waals surface area contributed by atoms with E-state index in [1.165, 1.54) is 36.3 Å². The average Bonchev–Trinajstić information content (AvgIpc) is 3.09. The number of hydrogen-bond acceptors (Lipinski definition) is 5. The van der Waals surface area contributed by atoms with E-state index in [4.69, 9.17) is 14.2 Å². The molecule has 4 rings (SSSR count). The first-order chi connectivity index (χ1) is 13.5. The molecule has 0 aliphatic carbocycles. The van der Waals surface area contributed by atoms with Crippen LogP contribution in [0.25, 0.3) is 0 Å². The Hall–Kier alpha value is -3.35. The van der Waals surface area contributed by atoms with Gasteiger partial charge in [-0.1, -0.05) is 6.07 Å². The van der Waals surface area contributed by atoms with Crippen LogP contribution in [0.2, 0.25) is 0 Å². The Bertz CT molecular complexity index is 983. The van der Waals surface area contributed by atoms with Gasteiger partial charge in [0.05, 0.1) is 25.5 Å². The Morgan fingerprint density at radius 3 is 2.50 bits per heavy atom. The van der Waals surface area contributed by atoms with Gasteiger partial charge in [-0.2, -0.15) is 0 Å². The van der Waals surface area contributed by atoms with Crippen molar-refractivity contribution in [2.75, 3.05) is 25.7 Å². The molecule has 0 saturated heterocycles. The van der Waals surface area contributed by atoms with Crippen LogP contribution in [0.3, 0.4) is 0 Å². The quantitative estimate of drug-likeness (QED) is 0.759. The van der Waals surface area contributed by atoms with E-state index < -0.39 is 17.7 Å². The molecule has 28 heavy (non-hydrogen) atoms. The van der Waals surface area contributed by atoms with Crippen molar-refractivity contribution in [1.82, 2.24) is 0 Å². The van der Waals surface area contributed by atoms with Crippen LogP contribution in [0.15, 0.2) is 53.7 Å². The molecule has 6 nitrogen and oxygen atoms in total. The van der Waals surface area contributed by atoms with Gasteiger partial charge in [-0.25, -0.2) is 9.18 Å². The SMILES string of the molecule is COc1ccc(C2CC(=O)N(c3ccc(F)cc3)C3=C2C(=O)OC3)c(OC)c1. The van der Waals surface area contributed by atoms with Crippen LogP contribution >= 0.6 is 0 Å². The summed E-state index contributed by atoms with van der Waals surface area (Å²) in [6.07, 6.45) is 0.0635. The molecule has 0 fully saturated rings. The van der Waals surface area contributed by atoms with E-state index in [1.54, 1.807) is 25.3 Å². The second-order valence-electron chi connectivity index (χ2n) is 6.51. The van der Waals surface area contributed by atoms with Crippen molar-refractivity contribution in [1.29, 1.82) is 0 Å². The van der Waals surface area contributed by atoms with Crippen LogP contribution in [0, 0.1) is 5.82 Å². The number of halogens is 1. The minimum atomic E-state index is -0.491. The molecule has 1 amide bonds. The molecule has 2 aliphatic heterocycles. The second-order valence-corrected chi connectivity index (χ2v) is 6.51. The number of nitrogens with zero attached hydrogens (tertiary/aromatic N) is 1. The Morgan fingerprint density at radius 1 is 1.07 bits per heavy atom. The minimum Gasteiger partial charge on any atom is -0.497 e. The third-order valence-corrected chi connectivity index (χ3v) is 5.02. The van der Waals surface area contributed by atoms with E-state index in [0.29, 0.717) is 34.0 Å². The van der Waals surface area contributed by atoms with E-state index in [2.05, 4.69) is 0 Å². The summed E-state index contributed by atoms with van der Waals surface area (Å²) >= 11 is 0. The van der Waals surface area contributed by atoms with Gasteiger partial charge in [-0.05, 0) is 30.3 Å². The number of cyclic esters (lactones) is 1. The topological polar surface area (TPSA) is 65.1 Å². The van der Waals surface area contributed by atoms with Gasteiger partial charge in [0, 0.05) is 29.7 Å². The molecule has 0 spiro atoms. The number of amides is 1. The fourth-order valence-electron chi connectivity index (χ4n) is 3.72. The molecule has 0 N–H and O–H groups in total. The second kappa shape index (κ2) is 6.99. The molecule has 0 bridgehead atoms. The zero-order chi connectivity index (χ0) is 19.8. The summed E-state index contributed by atoms with van der Waals surface area (Å²) in [6.45, 7) is -0.00769. The van der Waals surface area contributed by atoms with Gasteiger partial charge in [0.25, 0.3) is 0 Å². The maximum absolute atomic E-state index is 13.3. The molecule has 144 valence electrons. The van der Waals surface area contributed by atoms with Crippen molar-refractivity contribution in [3.05, 3.63) is 65.1 Å². The molecule has 2 aliphatic rings. The lowest BCUT2D eigenvalue weighted by Gasteiger charge is -2.32. The number of anilines is 1. The molecule has 2 heterocycles. The predicted molar refractivity (Wildman–Crippen MR) is 98.8 cm³/mol. The van der Waals surface area contributed by atoms with Gasteiger partial charge in [0.15, 0.2) is 0 Å². The van der Waals surface area contributed by atoms with Gasteiger partial charge in [-0.3, -0.25) is 9.69 Å². The highest BCUT2D eigenvalue weighted by Crippen LogP contribution is 2.45. The molecule has 0 saturated carbocycles. The summed E-state index contributed by atoms with van der Waals surface area (Å²) in [5.41, 5.74) is 2.11. The van der Waals surface area contributed by atoms with Gasteiger partial charge < -0.3 is 14.2 Å². The van der Waals surface area contributed by atoms with Crippen LogP contribution in [0.1, 0.15) is 17.9 Å². The predicted octanol–water partition coefficient (Wildman–Crippen LogP) is 3.17. The van der Waals surface area contributed by atoms with Crippen LogP contribution in [0.4, 0.5) is 10.1 Å². The van der Waals surface area contributed by atoms with Crippen LogP contribution in [-0.4, -0.2) is 32.7 Å². The van der Waals surface area contributed by atoms with Crippen LogP contribution in [-0.2, 0) is 14.3 Å². The number of rotatable bonds is 4. The number of ether oxygens (including phenoxy) is 3. The van der Waals surface area contributed by atoms with E-state index in [0.717, 1.165) is 0 Å². The number of esters is 1. The number of methoxy groups -OCH3 is 2. The lowest BCUT2D eigenvalue weighted by molar-refractivity contribution is -0.136.